The highest BCUT2D eigenvalue weighted by atomic mass is 35.5. The monoisotopic (exact) mass is 484 g/mol. The van der Waals surface area contributed by atoms with Gasteiger partial charge in [-0.3, -0.25) is 4.57 Å². The zero-order valence-corrected chi connectivity index (χ0v) is 19.6. The number of imidazole rings is 1. The van der Waals surface area contributed by atoms with E-state index in [2.05, 4.69) is 15.0 Å². The standard InChI is InChI=1S/C24H22Cl2N4O3/c1-14-3-7-16(8-4-14)31-12-19-18(32-17-9-5-15(2)6-10-17)11-20(33-19)30-13-27-23-21(30)22(25)28-24(26)29-23/h3-10,13,18-20H,11-12H2,1-2H3. The Balaban J connectivity index is 1.40. The van der Waals surface area contributed by atoms with E-state index in [1.807, 2.05) is 66.9 Å². The molecule has 1 saturated heterocycles. The van der Waals surface area contributed by atoms with E-state index in [1.165, 1.54) is 11.1 Å². The average molecular weight is 485 g/mol. The van der Waals surface area contributed by atoms with Crippen molar-refractivity contribution in [1.29, 1.82) is 0 Å². The molecule has 1 aliphatic heterocycles. The first-order valence-corrected chi connectivity index (χ1v) is 11.4. The lowest BCUT2D eigenvalue weighted by molar-refractivity contribution is -0.0340. The first kappa shape index (κ1) is 21.9. The van der Waals surface area contributed by atoms with Gasteiger partial charge in [0.25, 0.3) is 0 Å². The number of fused-ring (bicyclic) bond motifs is 1. The molecule has 3 atom stereocenters. The number of rotatable bonds is 6. The van der Waals surface area contributed by atoms with Crippen molar-refractivity contribution in [3.63, 3.8) is 0 Å². The molecule has 4 aromatic rings. The maximum Gasteiger partial charge on any atom is 0.225 e. The normalized spacial score (nSPS) is 20.3. The second-order valence-corrected chi connectivity index (χ2v) is 8.76. The smallest absolute Gasteiger partial charge is 0.225 e. The fourth-order valence-electron chi connectivity index (χ4n) is 3.85. The molecule has 7 nitrogen and oxygen atoms in total. The Kier molecular flexibility index (Phi) is 6.10. The van der Waals surface area contributed by atoms with Crippen molar-refractivity contribution in [2.75, 3.05) is 6.61 Å². The summed E-state index contributed by atoms with van der Waals surface area (Å²) >= 11 is 12.3. The summed E-state index contributed by atoms with van der Waals surface area (Å²) < 4.78 is 20.5. The number of aryl methyl sites for hydroxylation is 2. The Labute approximate surface area is 201 Å². The fourth-order valence-corrected chi connectivity index (χ4v) is 4.32. The predicted molar refractivity (Wildman–Crippen MR) is 126 cm³/mol. The van der Waals surface area contributed by atoms with E-state index in [4.69, 9.17) is 37.4 Å². The van der Waals surface area contributed by atoms with Crippen LogP contribution in [-0.4, -0.2) is 38.3 Å². The lowest BCUT2D eigenvalue weighted by atomic mass is 10.1. The van der Waals surface area contributed by atoms with E-state index in [0.717, 1.165) is 11.5 Å². The van der Waals surface area contributed by atoms with E-state index in [1.54, 1.807) is 6.33 Å². The zero-order chi connectivity index (χ0) is 22.9. The predicted octanol–water partition coefficient (Wildman–Crippen LogP) is 5.56. The molecular weight excluding hydrogens is 463 g/mol. The molecular formula is C24H22Cl2N4O3. The van der Waals surface area contributed by atoms with Crippen molar-refractivity contribution in [2.24, 2.45) is 0 Å². The Bertz CT molecular complexity index is 1260. The summed E-state index contributed by atoms with van der Waals surface area (Å²) in [5.41, 5.74) is 3.32. The number of ether oxygens (including phenoxy) is 3. The van der Waals surface area contributed by atoms with Crippen LogP contribution in [0.4, 0.5) is 0 Å². The van der Waals surface area contributed by atoms with Crippen molar-refractivity contribution < 1.29 is 14.2 Å². The third kappa shape index (κ3) is 4.76. The number of benzene rings is 2. The highest BCUT2D eigenvalue weighted by Crippen LogP contribution is 2.35. The molecule has 1 fully saturated rings. The zero-order valence-electron chi connectivity index (χ0n) is 18.1. The van der Waals surface area contributed by atoms with Crippen LogP contribution in [-0.2, 0) is 4.74 Å². The third-order valence-corrected chi connectivity index (χ3v) is 6.03. The molecule has 33 heavy (non-hydrogen) atoms. The maximum atomic E-state index is 6.38. The topological polar surface area (TPSA) is 71.3 Å². The Morgan fingerprint density at radius 2 is 1.64 bits per heavy atom. The Hall–Kier alpha value is -2.87. The van der Waals surface area contributed by atoms with Crippen LogP contribution in [0.5, 0.6) is 11.5 Å². The molecule has 1 aliphatic rings. The fraction of sp³-hybridized carbons (Fsp3) is 0.292. The number of halogens is 2. The number of aromatic nitrogens is 4. The van der Waals surface area contributed by atoms with Crippen molar-refractivity contribution in [3.8, 4) is 11.5 Å². The molecule has 170 valence electrons. The van der Waals surface area contributed by atoms with Crippen LogP contribution >= 0.6 is 23.2 Å². The van der Waals surface area contributed by atoms with Crippen LogP contribution in [0.15, 0.2) is 54.9 Å². The lowest BCUT2D eigenvalue weighted by Crippen LogP contribution is -2.32. The van der Waals surface area contributed by atoms with Gasteiger partial charge in [0, 0.05) is 6.42 Å². The summed E-state index contributed by atoms with van der Waals surface area (Å²) in [6.45, 7) is 4.41. The highest BCUT2D eigenvalue weighted by Gasteiger charge is 2.39. The average Bonchev–Trinajstić information content (AvgIpc) is 3.39. The van der Waals surface area contributed by atoms with Gasteiger partial charge in [0.05, 0.1) is 6.33 Å². The molecule has 0 aliphatic carbocycles. The Morgan fingerprint density at radius 3 is 2.33 bits per heavy atom. The molecule has 2 aromatic carbocycles. The van der Waals surface area contributed by atoms with Crippen LogP contribution in [0, 0.1) is 13.8 Å². The molecule has 0 radical (unpaired) electrons. The van der Waals surface area contributed by atoms with Crippen LogP contribution in [0.25, 0.3) is 11.2 Å². The number of hydrogen-bond acceptors (Lipinski definition) is 6. The van der Waals surface area contributed by atoms with Crippen LogP contribution < -0.4 is 9.47 Å². The van der Waals surface area contributed by atoms with Gasteiger partial charge in [-0.15, -0.1) is 0 Å². The van der Waals surface area contributed by atoms with Crippen LogP contribution in [0.1, 0.15) is 23.8 Å². The maximum absolute atomic E-state index is 6.38. The van der Waals surface area contributed by atoms with Gasteiger partial charge in [-0.25, -0.2) is 9.97 Å². The van der Waals surface area contributed by atoms with Gasteiger partial charge in [-0.2, -0.15) is 4.98 Å². The molecule has 5 rings (SSSR count). The molecule has 0 bridgehead atoms. The summed E-state index contributed by atoms with van der Waals surface area (Å²) in [4.78, 5) is 12.5. The molecule has 2 aromatic heterocycles. The molecule has 0 amide bonds. The van der Waals surface area contributed by atoms with Gasteiger partial charge in [-0.05, 0) is 49.7 Å². The quantitative estimate of drug-likeness (QED) is 0.263. The number of nitrogens with zero attached hydrogens (tertiary/aromatic N) is 4. The summed E-state index contributed by atoms with van der Waals surface area (Å²) in [6.07, 6.45) is 1.27. The molecule has 0 spiro atoms. The Morgan fingerprint density at radius 1 is 0.970 bits per heavy atom. The van der Waals surface area contributed by atoms with Gasteiger partial charge in [0.2, 0.25) is 5.28 Å². The summed E-state index contributed by atoms with van der Waals surface area (Å²) in [7, 11) is 0. The summed E-state index contributed by atoms with van der Waals surface area (Å²) in [5, 5.41) is 0.275. The van der Waals surface area contributed by atoms with E-state index in [-0.39, 0.29) is 28.9 Å². The van der Waals surface area contributed by atoms with Crippen LogP contribution in [0.3, 0.4) is 0 Å². The van der Waals surface area contributed by atoms with Crippen molar-refractivity contribution in [3.05, 3.63) is 76.4 Å². The van der Waals surface area contributed by atoms with E-state index in [9.17, 15) is 0 Å². The minimum atomic E-state index is -0.376. The van der Waals surface area contributed by atoms with Gasteiger partial charge < -0.3 is 14.2 Å². The van der Waals surface area contributed by atoms with E-state index < -0.39 is 0 Å². The molecule has 3 unspecified atom stereocenters. The first-order chi connectivity index (χ1) is 16.0. The molecule has 3 heterocycles. The SMILES string of the molecule is Cc1ccc(OCC2OC(n3cnc4nc(Cl)nc(Cl)c43)CC2Oc2ccc(C)cc2)cc1. The second-order valence-electron chi connectivity index (χ2n) is 8.07. The van der Waals surface area contributed by atoms with Gasteiger partial charge in [0.1, 0.15) is 42.1 Å². The van der Waals surface area contributed by atoms with Gasteiger partial charge >= 0.3 is 0 Å². The second kappa shape index (κ2) is 9.17. The minimum Gasteiger partial charge on any atom is -0.491 e. The van der Waals surface area contributed by atoms with Gasteiger partial charge in [0.15, 0.2) is 10.8 Å². The van der Waals surface area contributed by atoms with Crippen molar-refractivity contribution in [2.45, 2.75) is 38.7 Å². The molecule has 0 saturated carbocycles. The number of hydrogen-bond donors (Lipinski definition) is 0. The largest absolute Gasteiger partial charge is 0.491 e. The highest BCUT2D eigenvalue weighted by molar-refractivity contribution is 6.35. The van der Waals surface area contributed by atoms with E-state index in [0.29, 0.717) is 24.2 Å². The molecule has 9 heteroatoms. The molecule has 0 N–H and O–H groups in total. The minimum absolute atomic E-state index is 0.0510. The summed E-state index contributed by atoms with van der Waals surface area (Å²) in [6, 6.07) is 15.9. The van der Waals surface area contributed by atoms with Crippen molar-refractivity contribution >= 4 is 34.4 Å². The van der Waals surface area contributed by atoms with E-state index >= 15 is 0 Å². The van der Waals surface area contributed by atoms with Gasteiger partial charge in [-0.1, -0.05) is 47.0 Å². The first-order valence-electron chi connectivity index (χ1n) is 10.6. The lowest BCUT2D eigenvalue weighted by Gasteiger charge is -2.20. The third-order valence-electron chi connectivity index (χ3n) is 5.59. The summed E-state index contributed by atoms with van der Waals surface area (Å²) in [5.74, 6) is 1.56. The van der Waals surface area contributed by atoms with Crippen LogP contribution in [0.2, 0.25) is 10.4 Å². The van der Waals surface area contributed by atoms with Crippen molar-refractivity contribution in [1.82, 2.24) is 19.5 Å².